The monoisotopic (exact) mass is 323 g/mol. The Bertz CT molecular complexity index is 602. The average molecular weight is 323 g/mol. The highest BCUT2D eigenvalue weighted by atomic mass is 16.5. The van der Waals surface area contributed by atoms with Gasteiger partial charge in [-0.25, -0.2) is 0 Å². The lowest BCUT2D eigenvalue weighted by Crippen LogP contribution is -2.35. The van der Waals surface area contributed by atoms with Gasteiger partial charge < -0.3 is 9.64 Å². The second-order valence-electron chi connectivity index (χ2n) is 6.87. The van der Waals surface area contributed by atoms with E-state index in [2.05, 4.69) is 53.4 Å². The second kappa shape index (κ2) is 8.89. The molecule has 0 radical (unpaired) electrons. The normalized spacial score (nSPS) is 16.2. The van der Waals surface area contributed by atoms with Crippen molar-refractivity contribution in [3.8, 4) is 5.75 Å². The number of nitrogens with zero attached hydrogens (tertiary/aromatic N) is 1. The zero-order valence-electron chi connectivity index (χ0n) is 14.8. The van der Waals surface area contributed by atoms with Crippen LogP contribution in [0.4, 0.5) is 0 Å². The number of rotatable bonds is 7. The molecule has 24 heavy (non-hydrogen) atoms. The molecule has 1 fully saturated rings. The lowest BCUT2D eigenvalue weighted by Gasteiger charge is -2.32. The summed E-state index contributed by atoms with van der Waals surface area (Å²) in [5, 5.41) is 0. The number of benzene rings is 2. The summed E-state index contributed by atoms with van der Waals surface area (Å²) in [5.74, 6) is 1.90. The fraction of sp³-hybridized carbons (Fsp3) is 0.455. The van der Waals surface area contributed by atoms with Crippen molar-refractivity contribution in [1.82, 2.24) is 4.90 Å². The van der Waals surface area contributed by atoms with Gasteiger partial charge in [-0.1, -0.05) is 48.5 Å². The third kappa shape index (κ3) is 4.85. The zero-order valence-corrected chi connectivity index (χ0v) is 14.8. The van der Waals surface area contributed by atoms with Gasteiger partial charge in [0.25, 0.3) is 0 Å². The van der Waals surface area contributed by atoms with Crippen molar-refractivity contribution in [1.29, 1.82) is 0 Å². The van der Waals surface area contributed by atoms with Gasteiger partial charge in [0.2, 0.25) is 0 Å². The van der Waals surface area contributed by atoms with Crippen molar-refractivity contribution >= 4 is 0 Å². The summed E-state index contributed by atoms with van der Waals surface area (Å²) in [6.45, 7) is 3.70. The quantitative estimate of drug-likeness (QED) is 0.739. The molecule has 1 saturated heterocycles. The summed E-state index contributed by atoms with van der Waals surface area (Å²) in [7, 11) is 1.77. The highest BCUT2D eigenvalue weighted by Gasteiger charge is 2.19. The first-order valence-corrected chi connectivity index (χ1v) is 9.23. The lowest BCUT2D eigenvalue weighted by molar-refractivity contribution is 0.181. The Balaban J connectivity index is 1.39. The Morgan fingerprint density at radius 1 is 0.917 bits per heavy atom. The predicted molar refractivity (Wildman–Crippen MR) is 101 cm³/mol. The van der Waals surface area contributed by atoms with Gasteiger partial charge in [0.1, 0.15) is 5.75 Å². The first kappa shape index (κ1) is 17.0. The van der Waals surface area contributed by atoms with E-state index in [0.29, 0.717) is 0 Å². The molecule has 2 heteroatoms. The van der Waals surface area contributed by atoms with Gasteiger partial charge in [-0.15, -0.1) is 0 Å². The van der Waals surface area contributed by atoms with E-state index in [1.807, 2.05) is 6.07 Å². The van der Waals surface area contributed by atoms with E-state index in [-0.39, 0.29) is 0 Å². The van der Waals surface area contributed by atoms with Crippen LogP contribution in [0.3, 0.4) is 0 Å². The number of aryl methyl sites for hydroxylation is 1. The predicted octanol–water partition coefficient (Wildman–Crippen LogP) is 4.58. The van der Waals surface area contributed by atoms with Crippen LogP contribution in [0.5, 0.6) is 5.75 Å². The number of hydrogen-bond donors (Lipinski definition) is 0. The molecule has 0 spiro atoms. The topological polar surface area (TPSA) is 12.5 Å². The minimum atomic E-state index is 0.864. The first-order valence-electron chi connectivity index (χ1n) is 9.23. The van der Waals surface area contributed by atoms with Gasteiger partial charge >= 0.3 is 0 Å². The van der Waals surface area contributed by atoms with Crippen molar-refractivity contribution in [2.75, 3.05) is 26.7 Å². The van der Waals surface area contributed by atoms with E-state index >= 15 is 0 Å². The van der Waals surface area contributed by atoms with Gasteiger partial charge in [-0.3, -0.25) is 0 Å². The maximum Gasteiger partial charge on any atom is 0.122 e. The minimum Gasteiger partial charge on any atom is -0.496 e. The molecule has 2 aromatic carbocycles. The molecular formula is C22H29NO. The van der Waals surface area contributed by atoms with Gasteiger partial charge in [0.15, 0.2) is 0 Å². The Labute approximate surface area is 146 Å². The first-order chi connectivity index (χ1) is 11.8. The molecule has 128 valence electrons. The molecule has 0 saturated carbocycles. The second-order valence-corrected chi connectivity index (χ2v) is 6.87. The Morgan fingerprint density at radius 3 is 2.38 bits per heavy atom. The Morgan fingerprint density at radius 2 is 1.62 bits per heavy atom. The molecule has 1 heterocycles. The summed E-state index contributed by atoms with van der Waals surface area (Å²) in [6.07, 6.45) is 6.27. The van der Waals surface area contributed by atoms with Crippen LogP contribution in [0.15, 0.2) is 54.6 Å². The molecular weight excluding hydrogens is 294 g/mol. The van der Waals surface area contributed by atoms with Crippen LogP contribution in [0.1, 0.15) is 30.4 Å². The zero-order chi connectivity index (χ0) is 16.6. The molecule has 2 nitrogen and oxygen atoms in total. The van der Waals surface area contributed by atoms with Crippen LogP contribution in [0.2, 0.25) is 0 Å². The number of piperidine rings is 1. The third-order valence-electron chi connectivity index (χ3n) is 5.28. The van der Waals surface area contributed by atoms with E-state index in [0.717, 1.165) is 18.1 Å². The van der Waals surface area contributed by atoms with Crippen molar-refractivity contribution in [2.45, 2.75) is 32.1 Å². The van der Waals surface area contributed by atoms with Crippen molar-refractivity contribution in [3.05, 3.63) is 65.7 Å². The summed E-state index contributed by atoms with van der Waals surface area (Å²) in [6, 6.07) is 19.3. The van der Waals surface area contributed by atoms with Gasteiger partial charge in [-0.2, -0.15) is 0 Å². The molecule has 0 bridgehead atoms. The molecule has 1 aliphatic heterocycles. The highest BCUT2D eigenvalue weighted by molar-refractivity contribution is 5.33. The smallest absolute Gasteiger partial charge is 0.122 e. The van der Waals surface area contributed by atoms with Gasteiger partial charge in [0, 0.05) is 6.54 Å². The van der Waals surface area contributed by atoms with Crippen molar-refractivity contribution in [2.24, 2.45) is 5.92 Å². The molecule has 2 aromatic rings. The maximum atomic E-state index is 5.47. The fourth-order valence-corrected chi connectivity index (χ4v) is 3.70. The maximum absolute atomic E-state index is 5.47. The van der Waals surface area contributed by atoms with E-state index in [1.54, 1.807) is 7.11 Å². The highest BCUT2D eigenvalue weighted by Crippen LogP contribution is 2.25. The van der Waals surface area contributed by atoms with E-state index in [4.69, 9.17) is 4.74 Å². The molecule has 0 aliphatic carbocycles. The summed E-state index contributed by atoms with van der Waals surface area (Å²) < 4.78 is 5.47. The summed E-state index contributed by atoms with van der Waals surface area (Å²) in [5.41, 5.74) is 2.81. The molecule has 0 unspecified atom stereocenters. The van der Waals surface area contributed by atoms with Crippen molar-refractivity contribution < 1.29 is 4.74 Å². The number of likely N-dealkylation sites (tertiary alicyclic amines) is 1. The van der Waals surface area contributed by atoms with Crippen LogP contribution in [0, 0.1) is 5.92 Å². The number of ether oxygens (including phenoxy) is 1. The molecule has 0 atom stereocenters. The van der Waals surface area contributed by atoms with Crippen LogP contribution >= 0.6 is 0 Å². The largest absolute Gasteiger partial charge is 0.496 e. The van der Waals surface area contributed by atoms with E-state index in [1.165, 1.54) is 56.4 Å². The van der Waals surface area contributed by atoms with E-state index < -0.39 is 0 Å². The number of hydrogen-bond acceptors (Lipinski definition) is 2. The van der Waals surface area contributed by atoms with Crippen molar-refractivity contribution in [3.63, 3.8) is 0 Å². The Hall–Kier alpha value is -1.80. The molecule has 0 amide bonds. The fourth-order valence-electron chi connectivity index (χ4n) is 3.70. The summed E-state index contributed by atoms with van der Waals surface area (Å²) >= 11 is 0. The van der Waals surface area contributed by atoms with Crippen LogP contribution in [0.25, 0.3) is 0 Å². The third-order valence-corrected chi connectivity index (χ3v) is 5.28. The van der Waals surface area contributed by atoms with E-state index in [9.17, 15) is 0 Å². The summed E-state index contributed by atoms with van der Waals surface area (Å²) in [4.78, 5) is 2.63. The number of methoxy groups -OCH3 is 1. The standard InChI is InChI=1S/C22H29NO/c1-24-22-10-6-5-9-21(22)12-11-20-14-17-23(18-15-20)16-13-19-7-3-2-4-8-19/h2-10,20H,11-18H2,1H3. The van der Waals surface area contributed by atoms with Gasteiger partial charge in [-0.05, 0) is 68.3 Å². The molecule has 3 rings (SSSR count). The SMILES string of the molecule is COc1ccccc1CCC1CCN(CCc2ccccc2)CC1. The lowest BCUT2D eigenvalue weighted by atomic mass is 9.90. The van der Waals surface area contributed by atoms with Crippen LogP contribution < -0.4 is 4.74 Å². The van der Waals surface area contributed by atoms with Crippen LogP contribution in [-0.4, -0.2) is 31.6 Å². The molecule has 0 N–H and O–H groups in total. The Kier molecular flexibility index (Phi) is 6.31. The molecule has 0 aromatic heterocycles. The number of para-hydroxylation sites is 1. The van der Waals surface area contributed by atoms with Crippen LogP contribution in [-0.2, 0) is 12.8 Å². The average Bonchev–Trinajstić information content (AvgIpc) is 2.66. The minimum absolute atomic E-state index is 0.864. The molecule has 1 aliphatic rings. The van der Waals surface area contributed by atoms with Gasteiger partial charge in [0.05, 0.1) is 7.11 Å².